The maximum absolute atomic E-state index is 12.4. The minimum Gasteiger partial charge on any atom is -0.207 e. The molecule has 0 bridgehead atoms. The van der Waals surface area contributed by atoms with E-state index in [1.807, 2.05) is 0 Å². The van der Waals surface area contributed by atoms with Crippen LogP contribution in [0.2, 0.25) is 0 Å². The highest BCUT2D eigenvalue weighted by atomic mass is 35.7. The first-order chi connectivity index (χ1) is 9.26. The Morgan fingerprint density at radius 1 is 1.15 bits per heavy atom. The number of nitrogens with zero attached hydrogens (tertiary/aromatic N) is 1. The minimum atomic E-state index is -3.87. The lowest BCUT2D eigenvalue weighted by Crippen LogP contribution is -2.33. The summed E-state index contributed by atoms with van der Waals surface area (Å²) in [5, 5.41) is 0. The van der Waals surface area contributed by atoms with Gasteiger partial charge in [-0.3, -0.25) is 0 Å². The zero-order valence-electron chi connectivity index (χ0n) is 10.4. The Hall–Kier alpha value is -1.07. The van der Waals surface area contributed by atoms with Gasteiger partial charge in [0.05, 0.1) is 16.3 Å². The van der Waals surface area contributed by atoms with Gasteiger partial charge in [0.1, 0.15) is 0 Å². The molecule has 0 aliphatic heterocycles. The van der Waals surface area contributed by atoms with Gasteiger partial charge in [0.2, 0.25) is 10.0 Å². The van der Waals surface area contributed by atoms with Gasteiger partial charge in [0.25, 0.3) is 9.05 Å². The summed E-state index contributed by atoms with van der Waals surface area (Å²) in [7, 11) is -2.39. The van der Waals surface area contributed by atoms with Crippen molar-refractivity contribution in [3.05, 3.63) is 24.3 Å². The molecule has 1 saturated carbocycles. The number of halogens is 1. The van der Waals surface area contributed by atoms with Gasteiger partial charge in [0.15, 0.2) is 0 Å². The first-order valence-electron chi connectivity index (χ1n) is 5.77. The number of hydrogen-bond acceptors (Lipinski definition) is 4. The number of benzene rings is 1. The minimum absolute atomic E-state index is 0.00254. The molecule has 0 atom stereocenters. The van der Waals surface area contributed by atoms with Crippen molar-refractivity contribution in [3.63, 3.8) is 0 Å². The monoisotopic (exact) mass is 333 g/mol. The lowest BCUT2D eigenvalue weighted by molar-refractivity contribution is 0.440. The lowest BCUT2D eigenvalue weighted by Gasteiger charge is -2.19. The normalized spacial score (nSPS) is 16.1. The molecule has 0 aromatic heterocycles. The van der Waals surface area contributed by atoms with Crippen molar-refractivity contribution in [2.45, 2.75) is 28.7 Å². The van der Waals surface area contributed by atoms with E-state index in [9.17, 15) is 16.8 Å². The third-order valence-corrected chi connectivity index (χ3v) is 6.20. The van der Waals surface area contributed by atoms with Gasteiger partial charge >= 0.3 is 0 Å². The summed E-state index contributed by atoms with van der Waals surface area (Å²) in [6.45, 7) is 0.00254. The lowest BCUT2D eigenvalue weighted by atomic mass is 10.4. The van der Waals surface area contributed by atoms with Gasteiger partial charge in [-0.25, -0.2) is 16.8 Å². The second-order valence-electron chi connectivity index (χ2n) is 4.39. The van der Waals surface area contributed by atoms with E-state index in [0.29, 0.717) is 0 Å². The zero-order chi connectivity index (χ0) is 15.0. The van der Waals surface area contributed by atoms with E-state index < -0.39 is 19.1 Å². The molecule has 5 nitrogen and oxygen atoms in total. The first-order valence-corrected chi connectivity index (χ1v) is 9.52. The Balaban J connectivity index is 2.37. The maximum atomic E-state index is 12.4. The Morgan fingerprint density at radius 2 is 1.65 bits per heavy atom. The van der Waals surface area contributed by atoms with Gasteiger partial charge in [-0.2, -0.15) is 4.31 Å². The summed E-state index contributed by atoms with van der Waals surface area (Å²) >= 11 is 0. The van der Waals surface area contributed by atoms with E-state index in [1.54, 1.807) is 0 Å². The summed E-state index contributed by atoms with van der Waals surface area (Å²) in [6, 6.07) is 4.70. The van der Waals surface area contributed by atoms with Gasteiger partial charge < -0.3 is 0 Å². The van der Waals surface area contributed by atoms with Crippen molar-refractivity contribution in [2.24, 2.45) is 0 Å². The van der Waals surface area contributed by atoms with Crippen molar-refractivity contribution >= 4 is 29.8 Å². The van der Waals surface area contributed by atoms with E-state index in [-0.39, 0.29) is 22.4 Å². The molecule has 108 valence electrons. The molecular formula is C12H12ClNO4S2. The summed E-state index contributed by atoms with van der Waals surface area (Å²) in [5.41, 5.74) is 0. The van der Waals surface area contributed by atoms with Crippen LogP contribution in [-0.4, -0.2) is 33.7 Å². The van der Waals surface area contributed by atoms with Crippen LogP contribution in [0.4, 0.5) is 0 Å². The fourth-order valence-corrected chi connectivity index (χ4v) is 4.14. The topological polar surface area (TPSA) is 71.5 Å². The highest BCUT2D eigenvalue weighted by Crippen LogP contribution is 2.32. The fraction of sp³-hybridized carbons (Fsp3) is 0.333. The third-order valence-electron chi connectivity index (χ3n) is 2.91. The van der Waals surface area contributed by atoms with Crippen molar-refractivity contribution in [1.29, 1.82) is 0 Å². The van der Waals surface area contributed by atoms with Crippen LogP contribution < -0.4 is 0 Å². The second-order valence-corrected chi connectivity index (χ2v) is 8.85. The van der Waals surface area contributed by atoms with Crippen LogP contribution in [0, 0.1) is 12.3 Å². The molecule has 0 radical (unpaired) electrons. The summed E-state index contributed by atoms with van der Waals surface area (Å²) in [4.78, 5) is -0.142. The van der Waals surface area contributed by atoms with Crippen LogP contribution in [0.25, 0.3) is 0 Å². The molecule has 1 aliphatic rings. The van der Waals surface area contributed by atoms with Crippen LogP contribution in [0.3, 0.4) is 0 Å². The second kappa shape index (κ2) is 5.37. The number of terminal acetylenes is 1. The van der Waals surface area contributed by atoms with Crippen molar-refractivity contribution in [3.8, 4) is 12.3 Å². The predicted octanol–water partition coefficient (Wildman–Crippen LogP) is 1.40. The molecule has 2 rings (SSSR count). The molecule has 0 amide bonds. The highest BCUT2D eigenvalue weighted by Gasteiger charge is 2.37. The SMILES string of the molecule is C#CCN(C1CC1)S(=O)(=O)c1ccc(S(=O)(=O)Cl)cc1. The molecule has 0 N–H and O–H groups in total. The summed E-state index contributed by atoms with van der Waals surface area (Å²) in [6.07, 6.45) is 6.77. The molecule has 1 aliphatic carbocycles. The van der Waals surface area contributed by atoms with Crippen LogP contribution in [-0.2, 0) is 19.1 Å². The standard InChI is InChI=1S/C12H12ClNO4S2/c1-2-9-14(10-3-4-10)20(17,18)12-7-5-11(6-8-12)19(13,15)16/h1,5-8,10H,3-4,9H2. The number of hydrogen-bond donors (Lipinski definition) is 0. The largest absolute Gasteiger partial charge is 0.261 e. The molecule has 8 heteroatoms. The zero-order valence-corrected chi connectivity index (χ0v) is 12.7. The number of sulfonamides is 1. The van der Waals surface area contributed by atoms with Crippen molar-refractivity contribution < 1.29 is 16.8 Å². The predicted molar refractivity (Wildman–Crippen MR) is 75.2 cm³/mol. The molecule has 1 aromatic rings. The van der Waals surface area contributed by atoms with Crippen LogP contribution in [0.15, 0.2) is 34.1 Å². The summed E-state index contributed by atoms with van der Waals surface area (Å²) in [5.74, 6) is 2.33. The van der Waals surface area contributed by atoms with Gasteiger partial charge in [-0.1, -0.05) is 5.92 Å². The average Bonchev–Trinajstić information content (AvgIpc) is 3.19. The molecule has 0 spiro atoms. The van der Waals surface area contributed by atoms with E-state index in [2.05, 4.69) is 5.92 Å². The van der Waals surface area contributed by atoms with E-state index in [4.69, 9.17) is 17.1 Å². The average molecular weight is 334 g/mol. The van der Waals surface area contributed by atoms with E-state index in [0.717, 1.165) is 25.0 Å². The number of rotatable bonds is 5. The Labute approximate surface area is 123 Å². The van der Waals surface area contributed by atoms with Crippen LogP contribution in [0.5, 0.6) is 0 Å². The van der Waals surface area contributed by atoms with Gasteiger partial charge in [0, 0.05) is 16.7 Å². The molecular weight excluding hydrogens is 322 g/mol. The molecule has 1 fully saturated rings. The Morgan fingerprint density at radius 3 is 2.05 bits per heavy atom. The maximum Gasteiger partial charge on any atom is 0.261 e. The molecule has 20 heavy (non-hydrogen) atoms. The van der Waals surface area contributed by atoms with Crippen LogP contribution >= 0.6 is 10.7 Å². The van der Waals surface area contributed by atoms with Gasteiger partial charge in [-0.05, 0) is 37.1 Å². The molecule has 0 saturated heterocycles. The molecule has 0 heterocycles. The van der Waals surface area contributed by atoms with Crippen LogP contribution in [0.1, 0.15) is 12.8 Å². The smallest absolute Gasteiger partial charge is 0.207 e. The summed E-state index contributed by atoms with van der Waals surface area (Å²) < 4.78 is 48.3. The quantitative estimate of drug-likeness (QED) is 0.603. The molecule has 0 unspecified atom stereocenters. The van der Waals surface area contributed by atoms with Gasteiger partial charge in [-0.15, -0.1) is 6.42 Å². The van der Waals surface area contributed by atoms with E-state index in [1.165, 1.54) is 16.4 Å². The van der Waals surface area contributed by atoms with Crippen molar-refractivity contribution in [1.82, 2.24) is 4.31 Å². The highest BCUT2D eigenvalue weighted by molar-refractivity contribution is 8.13. The third kappa shape index (κ3) is 3.15. The Kier molecular flexibility index (Phi) is 4.12. The fourth-order valence-electron chi connectivity index (χ4n) is 1.77. The first kappa shape index (κ1) is 15.3. The van der Waals surface area contributed by atoms with E-state index >= 15 is 0 Å². The van der Waals surface area contributed by atoms with Crippen molar-refractivity contribution in [2.75, 3.05) is 6.54 Å². The Bertz CT molecular complexity index is 744. The molecule has 1 aromatic carbocycles.